The van der Waals surface area contributed by atoms with E-state index in [0.29, 0.717) is 5.75 Å². The van der Waals surface area contributed by atoms with Gasteiger partial charge in [-0.3, -0.25) is 9.63 Å². The minimum atomic E-state index is -0.110. The number of hydroxylamine groups is 2. The number of carbonyl (C=O) groups excluding carboxylic acids is 1. The molecule has 2 rings (SSSR count). The number of hydrogen-bond acceptors (Lipinski definition) is 4. The van der Waals surface area contributed by atoms with Crippen molar-refractivity contribution in [2.24, 2.45) is 0 Å². The summed E-state index contributed by atoms with van der Waals surface area (Å²) in [7, 11) is 3.03. The molecule has 0 saturated carbocycles. The number of likely N-dealkylation sites (N-methyl/N-ethyl adjacent to an activating group) is 1. The summed E-state index contributed by atoms with van der Waals surface area (Å²) in [5, 5.41) is 1.20. The molecule has 5 heteroatoms. The number of hydrogen-bond donors (Lipinski definition) is 0. The van der Waals surface area contributed by atoms with Gasteiger partial charge in [-0.1, -0.05) is 6.07 Å². The van der Waals surface area contributed by atoms with E-state index in [1.807, 2.05) is 12.1 Å². The Morgan fingerprint density at radius 2 is 2.19 bits per heavy atom. The van der Waals surface area contributed by atoms with E-state index in [2.05, 4.69) is 0 Å². The molecule has 0 radical (unpaired) electrons. The van der Waals surface area contributed by atoms with Crippen LogP contribution in [0.1, 0.15) is 5.56 Å². The lowest BCUT2D eigenvalue weighted by atomic mass is 10.1. The van der Waals surface area contributed by atoms with Gasteiger partial charge in [0.05, 0.1) is 13.5 Å². The summed E-state index contributed by atoms with van der Waals surface area (Å²) >= 11 is 0. The van der Waals surface area contributed by atoms with Gasteiger partial charge >= 0.3 is 0 Å². The van der Waals surface area contributed by atoms with Crippen LogP contribution in [0.2, 0.25) is 0 Å². The largest absolute Gasteiger partial charge is 0.454 e. The molecule has 0 fully saturated rings. The fourth-order valence-corrected chi connectivity index (χ4v) is 1.44. The molecule has 1 amide bonds. The van der Waals surface area contributed by atoms with E-state index in [1.165, 1.54) is 12.2 Å². The van der Waals surface area contributed by atoms with Crippen LogP contribution in [0.5, 0.6) is 11.5 Å². The molecule has 0 spiro atoms. The number of fused-ring (bicyclic) bond motifs is 1. The lowest BCUT2D eigenvalue weighted by Crippen LogP contribution is -2.26. The first-order valence-corrected chi connectivity index (χ1v) is 4.90. The van der Waals surface area contributed by atoms with Gasteiger partial charge in [0.1, 0.15) is 0 Å². The smallest absolute Gasteiger partial charge is 0.250 e. The molecule has 0 bridgehead atoms. The van der Waals surface area contributed by atoms with E-state index >= 15 is 0 Å². The van der Waals surface area contributed by atoms with Gasteiger partial charge < -0.3 is 9.47 Å². The summed E-state index contributed by atoms with van der Waals surface area (Å²) in [6, 6.07) is 5.45. The Morgan fingerprint density at radius 3 is 2.94 bits per heavy atom. The Hall–Kier alpha value is -1.75. The predicted molar refractivity (Wildman–Crippen MR) is 56.0 cm³/mol. The van der Waals surface area contributed by atoms with Crippen LogP contribution < -0.4 is 9.47 Å². The van der Waals surface area contributed by atoms with Crippen LogP contribution in [0.4, 0.5) is 0 Å². The molecule has 0 aliphatic carbocycles. The fourth-order valence-electron chi connectivity index (χ4n) is 1.44. The Morgan fingerprint density at radius 1 is 1.44 bits per heavy atom. The number of benzene rings is 1. The monoisotopic (exact) mass is 223 g/mol. The third-order valence-electron chi connectivity index (χ3n) is 2.42. The van der Waals surface area contributed by atoms with Crippen LogP contribution in [0, 0.1) is 0 Å². The maximum absolute atomic E-state index is 11.6. The zero-order valence-corrected chi connectivity index (χ0v) is 9.23. The third kappa shape index (κ3) is 2.09. The number of ether oxygens (including phenoxy) is 2. The highest BCUT2D eigenvalue weighted by Crippen LogP contribution is 2.32. The number of rotatable bonds is 3. The summed E-state index contributed by atoms with van der Waals surface area (Å²) in [4.78, 5) is 16.4. The van der Waals surface area contributed by atoms with Gasteiger partial charge in [0.2, 0.25) is 12.7 Å². The van der Waals surface area contributed by atoms with Crippen molar-refractivity contribution in [1.82, 2.24) is 5.06 Å². The van der Waals surface area contributed by atoms with Gasteiger partial charge in [0, 0.05) is 7.05 Å². The van der Waals surface area contributed by atoms with E-state index in [9.17, 15) is 4.79 Å². The van der Waals surface area contributed by atoms with E-state index in [-0.39, 0.29) is 19.1 Å². The van der Waals surface area contributed by atoms with E-state index in [0.717, 1.165) is 11.3 Å². The van der Waals surface area contributed by atoms with Crippen molar-refractivity contribution < 1.29 is 19.1 Å². The Labute approximate surface area is 93.5 Å². The van der Waals surface area contributed by atoms with Crippen molar-refractivity contribution in [3.63, 3.8) is 0 Å². The molecule has 0 N–H and O–H groups in total. The van der Waals surface area contributed by atoms with Gasteiger partial charge in [0.15, 0.2) is 11.5 Å². The molecule has 0 unspecified atom stereocenters. The van der Waals surface area contributed by atoms with Gasteiger partial charge in [-0.15, -0.1) is 0 Å². The van der Waals surface area contributed by atoms with Crippen molar-refractivity contribution in [3.8, 4) is 11.5 Å². The standard InChI is InChI=1S/C11H13NO4/c1-12(14-2)11(13)6-8-3-4-9-10(5-8)16-7-15-9/h3-5H,6-7H2,1-2H3. The summed E-state index contributed by atoms with van der Waals surface area (Å²) in [5.41, 5.74) is 0.873. The van der Waals surface area contributed by atoms with Crippen LogP contribution in [0.3, 0.4) is 0 Å². The molecular weight excluding hydrogens is 210 g/mol. The molecule has 0 aromatic heterocycles. The zero-order chi connectivity index (χ0) is 11.5. The summed E-state index contributed by atoms with van der Waals surface area (Å²) < 4.78 is 10.4. The summed E-state index contributed by atoms with van der Waals surface area (Å²) in [6.07, 6.45) is 0.279. The molecule has 0 atom stereocenters. The quantitative estimate of drug-likeness (QED) is 0.717. The molecule has 1 aromatic rings. The maximum Gasteiger partial charge on any atom is 0.250 e. The minimum absolute atomic E-state index is 0.110. The van der Waals surface area contributed by atoms with Gasteiger partial charge in [0.25, 0.3) is 0 Å². The number of amides is 1. The third-order valence-corrected chi connectivity index (χ3v) is 2.42. The van der Waals surface area contributed by atoms with Crippen LogP contribution in [0.15, 0.2) is 18.2 Å². The summed E-state index contributed by atoms with van der Waals surface area (Å²) in [5.74, 6) is 1.29. The van der Waals surface area contributed by atoms with Crippen molar-refractivity contribution >= 4 is 5.91 Å². The molecule has 86 valence electrons. The average molecular weight is 223 g/mol. The first-order valence-electron chi connectivity index (χ1n) is 4.90. The highest BCUT2D eigenvalue weighted by atomic mass is 16.7. The molecule has 5 nitrogen and oxygen atoms in total. The lowest BCUT2D eigenvalue weighted by molar-refractivity contribution is -0.167. The van der Waals surface area contributed by atoms with Crippen LogP contribution in [-0.2, 0) is 16.1 Å². The second-order valence-electron chi connectivity index (χ2n) is 3.44. The molecule has 16 heavy (non-hydrogen) atoms. The first kappa shape index (κ1) is 10.8. The average Bonchev–Trinajstić information content (AvgIpc) is 2.75. The minimum Gasteiger partial charge on any atom is -0.454 e. The Balaban J connectivity index is 2.08. The molecule has 1 heterocycles. The predicted octanol–water partition coefficient (Wildman–Crippen LogP) is 0.978. The summed E-state index contributed by atoms with van der Waals surface area (Å²) in [6.45, 7) is 0.241. The van der Waals surface area contributed by atoms with Crippen LogP contribution >= 0.6 is 0 Å². The van der Waals surface area contributed by atoms with Crippen molar-refractivity contribution in [3.05, 3.63) is 23.8 Å². The van der Waals surface area contributed by atoms with Crippen molar-refractivity contribution in [2.75, 3.05) is 21.0 Å². The molecule has 1 aromatic carbocycles. The molecular formula is C11H13NO4. The second kappa shape index (κ2) is 4.40. The second-order valence-corrected chi connectivity index (χ2v) is 3.44. The Kier molecular flexibility index (Phi) is 2.96. The molecule has 0 saturated heterocycles. The van der Waals surface area contributed by atoms with Gasteiger partial charge in [-0.25, -0.2) is 5.06 Å². The highest BCUT2D eigenvalue weighted by Gasteiger charge is 2.15. The first-order chi connectivity index (χ1) is 7.70. The van der Waals surface area contributed by atoms with Crippen molar-refractivity contribution in [1.29, 1.82) is 0 Å². The van der Waals surface area contributed by atoms with E-state index in [1.54, 1.807) is 13.1 Å². The van der Waals surface area contributed by atoms with Crippen molar-refractivity contribution in [2.45, 2.75) is 6.42 Å². The fraction of sp³-hybridized carbons (Fsp3) is 0.364. The number of nitrogens with zero attached hydrogens (tertiary/aromatic N) is 1. The molecule has 1 aliphatic rings. The Bertz CT molecular complexity index is 405. The highest BCUT2D eigenvalue weighted by molar-refractivity contribution is 5.77. The van der Waals surface area contributed by atoms with E-state index in [4.69, 9.17) is 14.3 Å². The SMILES string of the molecule is CON(C)C(=O)Cc1ccc2c(c1)OCO2. The zero-order valence-electron chi connectivity index (χ0n) is 9.23. The van der Waals surface area contributed by atoms with Crippen LogP contribution in [-0.4, -0.2) is 31.9 Å². The maximum atomic E-state index is 11.6. The van der Waals surface area contributed by atoms with Gasteiger partial charge in [-0.2, -0.15) is 0 Å². The van der Waals surface area contributed by atoms with Gasteiger partial charge in [-0.05, 0) is 17.7 Å². The van der Waals surface area contributed by atoms with E-state index < -0.39 is 0 Å². The van der Waals surface area contributed by atoms with Crippen LogP contribution in [0.25, 0.3) is 0 Å². The lowest BCUT2D eigenvalue weighted by Gasteiger charge is -2.13. The topological polar surface area (TPSA) is 48.0 Å². The molecule has 1 aliphatic heterocycles. The normalized spacial score (nSPS) is 12.6. The number of carbonyl (C=O) groups is 1.